The molecule has 1 aliphatic carbocycles. The van der Waals surface area contributed by atoms with Gasteiger partial charge in [0.15, 0.2) is 0 Å². The summed E-state index contributed by atoms with van der Waals surface area (Å²) in [6.45, 7) is 4.71. The van der Waals surface area contributed by atoms with Crippen LogP contribution in [-0.4, -0.2) is 30.1 Å². The number of rotatable bonds is 3. The molecule has 1 saturated heterocycles. The standard InChI is InChI=1S/C14H19IN2/c1-10-8-11(15)2-5-14(10)16-12-6-7-17(9-12)13-3-4-13/h2,5,8,12-13,16H,3-4,6-7,9H2,1H3. The van der Waals surface area contributed by atoms with Gasteiger partial charge in [-0.15, -0.1) is 0 Å². The van der Waals surface area contributed by atoms with Gasteiger partial charge >= 0.3 is 0 Å². The fourth-order valence-electron chi connectivity index (χ4n) is 2.69. The summed E-state index contributed by atoms with van der Waals surface area (Å²) in [4.78, 5) is 2.65. The number of anilines is 1. The van der Waals surface area contributed by atoms with Crippen LogP contribution in [-0.2, 0) is 0 Å². The van der Waals surface area contributed by atoms with Crippen LogP contribution in [0.2, 0.25) is 0 Å². The number of likely N-dealkylation sites (tertiary alicyclic amines) is 1. The predicted molar refractivity (Wildman–Crippen MR) is 80.5 cm³/mol. The quantitative estimate of drug-likeness (QED) is 0.849. The maximum atomic E-state index is 3.70. The third kappa shape index (κ3) is 2.76. The molecule has 0 aromatic heterocycles. The molecule has 1 aromatic carbocycles. The van der Waals surface area contributed by atoms with E-state index in [1.165, 1.54) is 47.2 Å². The SMILES string of the molecule is Cc1cc(I)ccc1NC1CCN(C2CC2)C1. The summed E-state index contributed by atoms with van der Waals surface area (Å²) in [6.07, 6.45) is 4.15. The van der Waals surface area contributed by atoms with Crippen LogP contribution in [0.4, 0.5) is 5.69 Å². The summed E-state index contributed by atoms with van der Waals surface area (Å²) in [6, 6.07) is 8.21. The fourth-order valence-corrected chi connectivity index (χ4v) is 3.33. The molecule has 0 amide bonds. The van der Waals surface area contributed by atoms with Gasteiger partial charge in [0.1, 0.15) is 0 Å². The van der Waals surface area contributed by atoms with Gasteiger partial charge in [0, 0.05) is 34.4 Å². The first-order chi connectivity index (χ1) is 8.22. The highest BCUT2D eigenvalue weighted by molar-refractivity contribution is 14.1. The van der Waals surface area contributed by atoms with E-state index >= 15 is 0 Å². The lowest BCUT2D eigenvalue weighted by molar-refractivity contribution is 0.326. The molecule has 1 N–H and O–H groups in total. The first kappa shape index (κ1) is 11.8. The molecule has 1 heterocycles. The van der Waals surface area contributed by atoms with Crippen LogP contribution < -0.4 is 5.32 Å². The molecule has 1 aliphatic heterocycles. The molecule has 3 heteroatoms. The number of hydrogen-bond donors (Lipinski definition) is 1. The van der Waals surface area contributed by atoms with E-state index in [0.29, 0.717) is 6.04 Å². The summed E-state index contributed by atoms with van der Waals surface area (Å²) in [5.74, 6) is 0. The van der Waals surface area contributed by atoms with Gasteiger partial charge in [-0.05, 0) is 72.5 Å². The Morgan fingerprint density at radius 2 is 2.12 bits per heavy atom. The summed E-state index contributed by atoms with van der Waals surface area (Å²) in [5.41, 5.74) is 2.68. The number of nitrogens with one attached hydrogen (secondary N) is 1. The van der Waals surface area contributed by atoms with Crippen molar-refractivity contribution in [3.05, 3.63) is 27.3 Å². The Labute approximate surface area is 117 Å². The smallest absolute Gasteiger partial charge is 0.0400 e. The van der Waals surface area contributed by atoms with Crippen LogP contribution in [0, 0.1) is 10.5 Å². The van der Waals surface area contributed by atoms with E-state index in [1.807, 2.05) is 0 Å². The maximum absolute atomic E-state index is 3.70. The van der Waals surface area contributed by atoms with Gasteiger partial charge in [0.25, 0.3) is 0 Å². The molecular weight excluding hydrogens is 323 g/mol. The molecular formula is C14H19IN2. The van der Waals surface area contributed by atoms with Crippen molar-refractivity contribution in [1.82, 2.24) is 4.90 Å². The first-order valence-electron chi connectivity index (χ1n) is 6.49. The lowest BCUT2D eigenvalue weighted by atomic mass is 10.1. The van der Waals surface area contributed by atoms with Gasteiger partial charge in [-0.25, -0.2) is 0 Å². The largest absolute Gasteiger partial charge is 0.381 e. The van der Waals surface area contributed by atoms with E-state index < -0.39 is 0 Å². The number of aryl methyl sites for hydroxylation is 1. The Balaban J connectivity index is 1.63. The van der Waals surface area contributed by atoms with Gasteiger partial charge in [-0.1, -0.05) is 0 Å². The minimum atomic E-state index is 0.648. The second-order valence-electron chi connectivity index (χ2n) is 5.32. The Morgan fingerprint density at radius 3 is 2.82 bits per heavy atom. The number of benzene rings is 1. The van der Waals surface area contributed by atoms with Gasteiger partial charge in [0.05, 0.1) is 0 Å². The Hall–Kier alpha value is -0.290. The van der Waals surface area contributed by atoms with Crippen molar-refractivity contribution in [2.24, 2.45) is 0 Å². The van der Waals surface area contributed by atoms with Crippen LogP contribution in [0.1, 0.15) is 24.8 Å². The molecule has 17 heavy (non-hydrogen) atoms. The lowest BCUT2D eigenvalue weighted by Crippen LogP contribution is -2.27. The van der Waals surface area contributed by atoms with E-state index in [-0.39, 0.29) is 0 Å². The molecule has 2 fully saturated rings. The summed E-state index contributed by atoms with van der Waals surface area (Å²) in [5, 5.41) is 3.70. The molecule has 1 saturated carbocycles. The minimum absolute atomic E-state index is 0.648. The van der Waals surface area contributed by atoms with Crippen LogP contribution in [0.3, 0.4) is 0 Å². The van der Waals surface area contributed by atoms with Crippen LogP contribution >= 0.6 is 22.6 Å². The summed E-state index contributed by atoms with van der Waals surface area (Å²) >= 11 is 2.37. The Morgan fingerprint density at radius 1 is 1.29 bits per heavy atom. The van der Waals surface area contributed by atoms with Gasteiger partial charge < -0.3 is 5.32 Å². The molecule has 2 nitrogen and oxygen atoms in total. The summed E-state index contributed by atoms with van der Waals surface area (Å²) in [7, 11) is 0. The molecule has 3 rings (SSSR count). The van der Waals surface area contributed by atoms with Crippen LogP contribution in [0.5, 0.6) is 0 Å². The predicted octanol–water partition coefficient (Wildman–Crippen LogP) is 3.25. The molecule has 0 bridgehead atoms. The highest BCUT2D eigenvalue weighted by atomic mass is 127. The van der Waals surface area contributed by atoms with Crippen molar-refractivity contribution in [1.29, 1.82) is 0 Å². The number of halogens is 1. The highest BCUT2D eigenvalue weighted by Gasteiger charge is 2.34. The van der Waals surface area contributed by atoms with Gasteiger partial charge in [0.2, 0.25) is 0 Å². The Bertz CT molecular complexity index is 415. The van der Waals surface area contributed by atoms with E-state index in [9.17, 15) is 0 Å². The average Bonchev–Trinajstić information content (AvgIpc) is 3.04. The second-order valence-corrected chi connectivity index (χ2v) is 6.56. The first-order valence-corrected chi connectivity index (χ1v) is 7.57. The Kier molecular flexibility index (Phi) is 3.30. The van der Waals surface area contributed by atoms with E-state index in [4.69, 9.17) is 0 Å². The lowest BCUT2D eigenvalue weighted by Gasteiger charge is -2.18. The second kappa shape index (κ2) is 4.76. The third-order valence-corrected chi connectivity index (χ3v) is 4.50. The highest BCUT2D eigenvalue weighted by Crippen LogP contribution is 2.31. The molecule has 2 aliphatic rings. The van der Waals surface area contributed by atoms with Crippen molar-refractivity contribution in [3.8, 4) is 0 Å². The van der Waals surface area contributed by atoms with Crippen molar-refractivity contribution in [2.45, 2.75) is 38.3 Å². The minimum Gasteiger partial charge on any atom is -0.381 e. The van der Waals surface area contributed by atoms with Crippen LogP contribution in [0.25, 0.3) is 0 Å². The van der Waals surface area contributed by atoms with Crippen molar-refractivity contribution in [2.75, 3.05) is 18.4 Å². The van der Waals surface area contributed by atoms with Crippen molar-refractivity contribution in [3.63, 3.8) is 0 Å². The molecule has 1 atom stereocenters. The summed E-state index contributed by atoms with van der Waals surface area (Å²) < 4.78 is 1.32. The van der Waals surface area contributed by atoms with Crippen LogP contribution in [0.15, 0.2) is 18.2 Å². The van der Waals surface area contributed by atoms with Crippen molar-refractivity contribution >= 4 is 28.3 Å². The number of hydrogen-bond acceptors (Lipinski definition) is 2. The van der Waals surface area contributed by atoms with Crippen molar-refractivity contribution < 1.29 is 0 Å². The fraction of sp³-hybridized carbons (Fsp3) is 0.571. The molecule has 0 spiro atoms. The normalized spacial score (nSPS) is 25.2. The van der Waals surface area contributed by atoms with E-state index in [0.717, 1.165) is 6.04 Å². The zero-order valence-corrected chi connectivity index (χ0v) is 12.4. The van der Waals surface area contributed by atoms with E-state index in [1.54, 1.807) is 0 Å². The third-order valence-electron chi connectivity index (χ3n) is 3.83. The van der Waals surface area contributed by atoms with Gasteiger partial charge in [-0.3, -0.25) is 4.90 Å². The zero-order valence-electron chi connectivity index (χ0n) is 10.2. The maximum Gasteiger partial charge on any atom is 0.0400 e. The molecule has 1 unspecified atom stereocenters. The molecule has 92 valence electrons. The number of nitrogens with zero attached hydrogens (tertiary/aromatic N) is 1. The monoisotopic (exact) mass is 342 g/mol. The van der Waals surface area contributed by atoms with E-state index in [2.05, 4.69) is 57.9 Å². The molecule has 1 aromatic rings. The molecule has 0 radical (unpaired) electrons. The van der Waals surface area contributed by atoms with Gasteiger partial charge in [-0.2, -0.15) is 0 Å². The zero-order chi connectivity index (χ0) is 11.8. The topological polar surface area (TPSA) is 15.3 Å². The average molecular weight is 342 g/mol.